The Bertz CT molecular complexity index is 270. The highest BCUT2D eigenvalue weighted by Crippen LogP contribution is 2.33. The van der Waals surface area contributed by atoms with Gasteiger partial charge in [-0.15, -0.1) is 0 Å². The van der Waals surface area contributed by atoms with Gasteiger partial charge in [-0.3, -0.25) is 0 Å². The number of rotatable bonds is 5. The molecule has 0 saturated carbocycles. The maximum absolute atomic E-state index is 12.8. The lowest BCUT2D eigenvalue weighted by molar-refractivity contribution is -0.287. The Hall–Kier alpha value is -0.920. The zero-order valence-electron chi connectivity index (χ0n) is 9.53. The van der Waals surface area contributed by atoms with Crippen LogP contribution in [0.5, 0.6) is 0 Å². The number of hydrogen-bond donors (Lipinski definition) is 0. The number of ether oxygens (including phenoxy) is 2. The fourth-order valence-corrected chi connectivity index (χ4v) is 0.885. The summed E-state index contributed by atoms with van der Waals surface area (Å²) in [6.07, 6.45) is -12.2. The van der Waals surface area contributed by atoms with E-state index in [1.165, 1.54) is 6.92 Å². The molecule has 0 spiro atoms. The summed E-state index contributed by atoms with van der Waals surface area (Å²) < 4.78 is 69.0. The largest absolute Gasteiger partial charge is 0.408 e. The Kier molecular flexibility index (Phi) is 4.88. The summed E-state index contributed by atoms with van der Waals surface area (Å²) in [5, 5.41) is 0. The number of methoxy groups -OCH3 is 1. The summed E-state index contributed by atoms with van der Waals surface area (Å²) in [5.41, 5.74) is -1.69. The van der Waals surface area contributed by atoms with Crippen molar-refractivity contribution in [3.63, 3.8) is 0 Å². The van der Waals surface area contributed by atoms with Gasteiger partial charge in [-0.1, -0.05) is 6.92 Å². The number of carbonyl (C=O) groups excluding carboxylic acids is 1. The summed E-state index contributed by atoms with van der Waals surface area (Å²) >= 11 is 0. The molecule has 0 amide bonds. The van der Waals surface area contributed by atoms with Crippen LogP contribution >= 0.6 is 0 Å². The first-order valence-corrected chi connectivity index (χ1v) is 4.69. The summed E-state index contributed by atoms with van der Waals surface area (Å²) in [6, 6.07) is 0. The number of hydrogen-bond acceptors (Lipinski definition) is 3. The Morgan fingerprint density at radius 3 is 1.94 bits per heavy atom. The molecule has 17 heavy (non-hydrogen) atoms. The molecule has 0 aliphatic heterocycles. The first-order valence-electron chi connectivity index (χ1n) is 4.69. The fraction of sp³-hybridized carbons (Fsp3) is 0.889. The van der Waals surface area contributed by atoms with Crippen molar-refractivity contribution in [2.75, 3.05) is 7.11 Å². The van der Waals surface area contributed by atoms with E-state index in [0.29, 0.717) is 0 Å². The predicted octanol–water partition coefficient (Wildman–Crippen LogP) is 2.89. The topological polar surface area (TPSA) is 35.5 Å². The third-order valence-electron chi connectivity index (χ3n) is 2.21. The minimum Gasteiger partial charge on any atom is -0.398 e. The van der Waals surface area contributed by atoms with E-state index in [9.17, 15) is 26.7 Å². The Balaban J connectivity index is 4.67. The third kappa shape index (κ3) is 5.29. The van der Waals surface area contributed by atoms with Gasteiger partial charge < -0.3 is 9.47 Å². The van der Waals surface area contributed by atoms with Gasteiger partial charge >= 0.3 is 18.3 Å². The molecular formula is C9H13F5O3. The molecule has 3 nitrogen and oxygen atoms in total. The quantitative estimate of drug-likeness (QED) is 0.565. The average molecular weight is 264 g/mol. The van der Waals surface area contributed by atoms with Crippen LogP contribution < -0.4 is 0 Å². The van der Waals surface area contributed by atoms with Gasteiger partial charge in [-0.05, 0) is 13.3 Å². The number of carbonyl (C=O) groups is 1. The SMILES string of the molecule is CCC(C)(OC)C(=O)OC(F)(F)CC(F)(F)F. The van der Waals surface area contributed by atoms with Crippen LogP contribution in [-0.4, -0.2) is 31.0 Å². The minimum absolute atomic E-state index is 0.00949. The van der Waals surface area contributed by atoms with Crippen molar-refractivity contribution in [1.82, 2.24) is 0 Å². The van der Waals surface area contributed by atoms with Gasteiger partial charge in [0, 0.05) is 7.11 Å². The van der Waals surface area contributed by atoms with Crippen molar-refractivity contribution in [2.24, 2.45) is 0 Å². The molecule has 1 atom stereocenters. The third-order valence-corrected chi connectivity index (χ3v) is 2.21. The first-order chi connectivity index (χ1) is 7.46. The molecule has 0 aromatic rings. The fourth-order valence-electron chi connectivity index (χ4n) is 0.885. The van der Waals surface area contributed by atoms with Gasteiger partial charge in [0.2, 0.25) is 0 Å². The van der Waals surface area contributed by atoms with Gasteiger partial charge in [-0.2, -0.15) is 22.0 Å². The summed E-state index contributed by atoms with van der Waals surface area (Å²) in [5.74, 6) is -1.53. The highest BCUT2D eigenvalue weighted by atomic mass is 19.4. The number of halogens is 5. The lowest BCUT2D eigenvalue weighted by atomic mass is 10.0. The average Bonchev–Trinajstić information content (AvgIpc) is 2.11. The Labute approximate surface area is 94.9 Å². The summed E-state index contributed by atoms with van der Waals surface area (Å²) in [6.45, 7) is 2.60. The predicted molar refractivity (Wildman–Crippen MR) is 47.4 cm³/mol. The lowest BCUT2D eigenvalue weighted by Crippen LogP contribution is -2.43. The molecule has 0 aromatic heterocycles. The minimum atomic E-state index is -5.13. The van der Waals surface area contributed by atoms with Crippen molar-refractivity contribution < 1.29 is 36.2 Å². The van der Waals surface area contributed by atoms with E-state index in [1.54, 1.807) is 0 Å². The monoisotopic (exact) mass is 264 g/mol. The van der Waals surface area contributed by atoms with Crippen LogP contribution in [0.3, 0.4) is 0 Å². The van der Waals surface area contributed by atoms with Crippen molar-refractivity contribution in [1.29, 1.82) is 0 Å². The van der Waals surface area contributed by atoms with E-state index in [0.717, 1.165) is 14.0 Å². The molecule has 0 bridgehead atoms. The second kappa shape index (κ2) is 5.16. The van der Waals surface area contributed by atoms with Crippen LogP contribution in [0.4, 0.5) is 22.0 Å². The first kappa shape index (κ1) is 16.1. The summed E-state index contributed by atoms with van der Waals surface area (Å²) in [7, 11) is 1.08. The van der Waals surface area contributed by atoms with E-state index in [1.807, 2.05) is 0 Å². The zero-order chi connectivity index (χ0) is 13.9. The van der Waals surface area contributed by atoms with E-state index in [2.05, 4.69) is 9.47 Å². The molecule has 1 unspecified atom stereocenters. The molecule has 0 aliphatic carbocycles. The molecule has 102 valence electrons. The maximum atomic E-state index is 12.8. The molecule has 0 fully saturated rings. The van der Waals surface area contributed by atoms with Crippen LogP contribution in [0.2, 0.25) is 0 Å². The van der Waals surface area contributed by atoms with Crippen molar-refractivity contribution >= 4 is 5.97 Å². The van der Waals surface area contributed by atoms with Crippen LogP contribution in [0.15, 0.2) is 0 Å². The molecule has 0 saturated heterocycles. The van der Waals surface area contributed by atoms with Crippen LogP contribution in [0, 0.1) is 0 Å². The molecule has 0 aliphatic rings. The summed E-state index contributed by atoms with van der Waals surface area (Å²) in [4.78, 5) is 11.2. The maximum Gasteiger partial charge on any atom is 0.408 e. The van der Waals surface area contributed by atoms with E-state index >= 15 is 0 Å². The van der Waals surface area contributed by atoms with E-state index in [-0.39, 0.29) is 6.42 Å². The van der Waals surface area contributed by atoms with Crippen molar-refractivity contribution in [2.45, 2.75) is 44.6 Å². The second-order valence-electron chi connectivity index (χ2n) is 3.61. The molecule has 0 N–H and O–H groups in total. The van der Waals surface area contributed by atoms with Crippen LogP contribution in [-0.2, 0) is 14.3 Å². The molecule has 0 heterocycles. The standard InChI is InChI=1S/C9H13F5O3/c1-4-7(2,16-3)6(15)17-9(13,14)5-8(10,11)12/h4-5H2,1-3H3. The van der Waals surface area contributed by atoms with Crippen molar-refractivity contribution in [3.05, 3.63) is 0 Å². The van der Waals surface area contributed by atoms with Crippen LogP contribution in [0.25, 0.3) is 0 Å². The highest BCUT2D eigenvalue weighted by molar-refractivity contribution is 5.79. The normalized spacial score (nSPS) is 16.5. The molecule has 0 aromatic carbocycles. The zero-order valence-corrected chi connectivity index (χ0v) is 9.53. The number of esters is 1. The van der Waals surface area contributed by atoms with Gasteiger partial charge in [0.25, 0.3) is 0 Å². The highest BCUT2D eigenvalue weighted by Gasteiger charge is 2.49. The molecular weight excluding hydrogens is 251 g/mol. The lowest BCUT2D eigenvalue weighted by Gasteiger charge is -2.27. The van der Waals surface area contributed by atoms with E-state index < -0.39 is 30.3 Å². The van der Waals surface area contributed by atoms with Gasteiger partial charge in [0.1, 0.15) is 6.42 Å². The van der Waals surface area contributed by atoms with Gasteiger partial charge in [0.05, 0.1) is 0 Å². The molecule has 0 rings (SSSR count). The van der Waals surface area contributed by atoms with Crippen molar-refractivity contribution in [3.8, 4) is 0 Å². The van der Waals surface area contributed by atoms with Gasteiger partial charge in [0.15, 0.2) is 5.60 Å². The Morgan fingerprint density at radius 2 is 1.65 bits per heavy atom. The number of alkyl halides is 5. The Morgan fingerprint density at radius 1 is 1.18 bits per heavy atom. The van der Waals surface area contributed by atoms with Crippen LogP contribution in [0.1, 0.15) is 26.7 Å². The van der Waals surface area contributed by atoms with Gasteiger partial charge in [-0.25, -0.2) is 4.79 Å². The smallest absolute Gasteiger partial charge is 0.398 e. The molecule has 8 heteroatoms. The van der Waals surface area contributed by atoms with E-state index in [4.69, 9.17) is 0 Å². The molecule has 0 radical (unpaired) electrons. The second-order valence-corrected chi connectivity index (χ2v) is 3.61.